The van der Waals surface area contributed by atoms with E-state index in [2.05, 4.69) is 15.6 Å². The molecule has 122 valence electrons. The third-order valence-electron chi connectivity index (χ3n) is 3.53. The SMILES string of the molecule is O=C(NCCNc1cc2ccccc2c(Cl)n1)c1ccccc1F. The van der Waals surface area contributed by atoms with Crippen LogP contribution in [-0.4, -0.2) is 24.0 Å². The molecule has 0 spiro atoms. The van der Waals surface area contributed by atoms with E-state index in [1.54, 1.807) is 12.1 Å². The quantitative estimate of drug-likeness (QED) is 0.546. The summed E-state index contributed by atoms with van der Waals surface area (Å²) in [5.41, 5.74) is 0.0318. The van der Waals surface area contributed by atoms with Crippen molar-refractivity contribution in [2.24, 2.45) is 0 Å². The average Bonchev–Trinajstić information content (AvgIpc) is 2.59. The van der Waals surface area contributed by atoms with Crippen LogP contribution in [0.1, 0.15) is 10.4 Å². The molecule has 6 heteroatoms. The van der Waals surface area contributed by atoms with E-state index in [0.29, 0.717) is 24.1 Å². The lowest BCUT2D eigenvalue weighted by Crippen LogP contribution is -2.29. The van der Waals surface area contributed by atoms with Crippen LogP contribution in [0.2, 0.25) is 5.15 Å². The van der Waals surface area contributed by atoms with Gasteiger partial charge in [-0.3, -0.25) is 4.79 Å². The predicted octanol–water partition coefficient (Wildman–Crippen LogP) is 3.87. The van der Waals surface area contributed by atoms with Gasteiger partial charge in [-0.2, -0.15) is 0 Å². The topological polar surface area (TPSA) is 54.0 Å². The molecule has 0 fully saturated rings. The number of halogens is 2. The second-order valence-electron chi connectivity index (χ2n) is 5.18. The van der Waals surface area contributed by atoms with Gasteiger partial charge in [-0.15, -0.1) is 0 Å². The van der Waals surface area contributed by atoms with Crippen molar-refractivity contribution in [1.82, 2.24) is 10.3 Å². The lowest BCUT2D eigenvalue weighted by molar-refractivity contribution is 0.0951. The highest BCUT2D eigenvalue weighted by Crippen LogP contribution is 2.24. The molecule has 0 atom stereocenters. The largest absolute Gasteiger partial charge is 0.368 e. The third-order valence-corrected chi connectivity index (χ3v) is 3.82. The first-order valence-electron chi connectivity index (χ1n) is 7.47. The third kappa shape index (κ3) is 3.63. The number of fused-ring (bicyclic) bond motifs is 1. The van der Waals surface area contributed by atoms with E-state index in [-0.39, 0.29) is 5.56 Å². The number of nitrogens with zero attached hydrogens (tertiary/aromatic N) is 1. The van der Waals surface area contributed by atoms with Gasteiger partial charge >= 0.3 is 0 Å². The van der Waals surface area contributed by atoms with Gasteiger partial charge in [-0.25, -0.2) is 9.37 Å². The Morgan fingerprint density at radius 3 is 2.67 bits per heavy atom. The number of amides is 1. The Bertz CT molecular complexity index is 885. The Balaban J connectivity index is 1.57. The molecule has 3 aromatic rings. The van der Waals surface area contributed by atoms with Crippen molar-refractivity contribution in [3.8, 4) is 0 Å². The summed E-state index contributed by atoms with van der Waals surface area (Å²) in [5, 5.41) is 8.05. The molecular formula is C18H15ClFN3O. The molecule has 1 heterocycles. The molecule has 0 aliphatic rings. The van der Waals surface area contributed by atoms with E-state index in [4.69, 9.17) is 11.6 Å². The van der Waals surface area contributed by atoms with Crippen molar-refractivity contribution in [3.63, 3.8) is 0 Å². The van der Waals surface area contributed by atoms with Crippen LogP contribution in [0.15, 0.2) is 54.6 Å². The molecule has 1 amide bonds. The second-order valence-corrected chi connectivity index (χ2v) is 5.54. The van der Waals surface area contributed by atoms with Gasteiger partial charge in [0.15, 0.2) is 0 Å². The van der Waals surface area contributed by atoms with Crippen molar-refractivity contribution >= 4 is 34.1 Å². The molecule has 0 saturated carbocycles. The van der Waals surface area contributed by atoms with Gasteiger partial charge in [0, 0.05) is 18.5 Å². The summed E-state index contributed by atoms with van der Waals surface area (Å²) in [6.45, 7) is 0.779. The maximum Gasteiger partial charge on any atom is 0.254 e. The minimum Gasteiger partial charge on any atom is -0.368 e. The number of rotatable bonds is 5. The predicted molar refractivity (Wildman–Crippen MR) is 94.0 cm³/mol. The van der Waals surface area contributed by atoms with Gasteiger partial charge in [0.1, 0.15) is 16.8 Å². The summed E-state index contributed by atoms with van der Waals surface area (Å²) in [6.07, 6.45) is 0. The highest BCUT2D eigenvalue weighted by molar-refractivity contribution is 6.34. The molecular weight excluding hydrogens is 329 g/mol. The molecule has 0 radical (unpaired) electrons. The van der Waals surface area contributed by atoms with Crippen LogP contribution in [0, 0.1) is 5.82 Å². The van der Waals surface area contributed by atoms with Crippen molar-refractivity contribution in [2.75, 3.05) is 18.4 Å². The van der Waals surface area contributed by atoms with Crippen LogP contribution >= 0.6 is 11.6 Å². The van der Waals surface area contributed by atoms with E-state index in [1.807, 2.05) is 30.3 Å². The van der Waals surface area contributed by atoms with Crippen molar-refractivity contribution < 1.29 is 9.18 Å². The van der Waals surface area contributed by atoms with Crippen LogP contribution in [0.5, 0.6) is 0 Å². The molecule has 0 bridgehead atoms. The zero-order valence-electron chi connectivity index (χ0n) is 12.7. The van der Waals surface area contributed by atoms with Gasteiger partial charge in [-0.1, -0.05) is 48.0 Å². The fraction of sp³-hybridized carbons (Fsp3) is 0.111. The van der Waals surface area contributed by atoms with Gasteiger partial charge in [0.2, 0.25) is 0 Å². The number of hydrogen-bond donors (Lipinski definition) is 2. The van der Waals surface area contributed by atoms with Crippen molar-refractivity contribution in [2.45, 2.75) is 0 Å². The minimum atomic E-state index is -0.536. The zero-order valence-corrected chi connectivity index (χ0v) is 13.5. The van der Waals surface area contributed by atoms with E-state index < -0.39 is 11.7 Å². The summed E-state index contributed by atoms with van der Waals surface area (Å²) in [5.74, 6) is -0.357. The number of hydrogen-bond acceptors (Lipinski definition) is 3. The Hall–Kier alpha value is -2.66. The molecule has 2 N–H and O–H groups in total. The summed E-state index contributed by atoms with van der Waals surface area (Å²) >= 11 is 6.16. The summed E-state index contributed by atoms with van der Waals surface area (Å²) in [6, 6.07) is 15.5. The fourth-order valence-electron chi connectivity index (χ4n) is 2.35. The zero-order chi connectivity index (χ0) is 16.9. The Morgan fingerprint density at radius 2 is 1.83 bits per heavy atom. The van der Waals surface area contributed by atoms with E-state index in [0.717, 1.165) is 10.8 Å². The molecule has 0 saturated heterocycles. The van der Waals surface area contributed by atoms with Crippen LogP contribution in [0.4, 0.5) is 10.2 Å². The van der Waals surface area contributed by atoms with Crippen molar-refractivity contribution in [1.29, 1.82) is 0 Å². The van der Waals surface area contributed by atoms with Crippen molar-refractivity contribution in [3.05, 3.63) is 71.1 Å². The lowest BCUT2D eigenvalue weighted by Gasteiger charge is -2.09. The number of carbonyl (C=O) groups excluding carboxylic acids is 1. The molecule has 24 heavy (non-hydrogen) atoms. The lowest BCUT2D eigenvalue weighted by atomic mass is 10.2. The van der Waals surface area contributed by atoms with Crippen LogP contribution in [0.3, 0.4) is 0 Å². The number of benzene rings is 2. The smallest absolute Gasteiger partial charge is 0.254 e. The fourth-order valence-corrected chi connectivity index (χ4v) is 2.62. The van der Waals surface area contributed by atoms with Gasteiger partial charge in [-0.05, 0) is 23.6 Å². The van der Waals surface area contributed by atoms with Gasteiger partial charge in [0.05, 0.1) is 5.56 Å². The molecule has 0 aliphatic heterocycles. The molecule has 0 unspecified atom stereocenters. The Labute approximate surface area is 143 Å². The summed E-state index contributed by atoms with van der Waals surface area (Å²) in [4.78, 5) is 16.2. The number of pyridine rings is 1. The average molecular weight is 344 g/mol. The molecule has 3 rings (SSSR count). The van der Waals surface area contributed by atoms with E-state index in [1.165, 1.54) is 12.1 Å². The monoisotopic (exact) mass is 343 g/mol. The van der Waals surface area contributed by atoms with Crippen LogP contribution < -0.4 is 10.6 Å². The second kappa shape index (κ2) is 7.27. The first kappa shape index (κ1) is 16.2. The highest BCUT2D eigenvalue weighted by atomic mass is 35.5. The number of anilines is 1. The number of aromatic nitrogens is 1. The molecule has 2 aromatic carbocycles. The summed E-state index contributed by atoms with van der Waals surface area (Å²) < 4.78 is 13.5. The highest BCUT2D eigenvalue weighted by Gasteiger charge is 2.09. The normalized spacial score (nSPS) is 10.6. The van der Waals surface area contributed by atoms with Gasteiger partial charge < -0.3 is 10.6 Å². The number of carbonyl (C=O) groups is 1. The van der Waals surface area contributed by atoms with Gasteiger partial charge in [0.25, 0.3) is 5.91 Å². The molecule has 0 aliphatic carbocycles. The van der Waals surface area contributed by atoms with E-state index in [9.17, 15) is 9.18 Å². The molecule has 4 nitrogen and oxygen atoms in total. The Kier molecular flexibility index (Phi) is 4.91. The first-order chi connectivity index (χ1) is 11.6. The summed E-state index contributed by atoms with van der Waals surface area (Å²) in [7, 11) is 0. The maximum absolute atomic E-state index is 13.5. The first-order valence-corrected chi connectivity index (χ1v) is 7.85. The van der Waals surface area contributed by atoms with Crippen LogP contribution in [0.25, 0.3) is 10.8 Å². The Morgan fingerprint density at radius 1 is 1.08 bits per heavy atom. The maximum atomic E-state index is 13.5. The van der Waals surface area contributed by atoms with E-state index >= 15 is 0 Å². The minimum absolute atomic E-state index is 0.0318. The van der Waals surface area contributed by atoms with Crippen LogP contribution in [-0.2, 0) is 0 Å². The number of nitrogens with one attached hydrogen (secondary N) is 2. The molecule has 1 aromatic heterocycles. The standard InChI is InChI=1S/C18H15ClFN3O/c19-17-13-6-2-1-5-12(13)11-16(23-17)21-9-10-22-18(24)14-7-3-4-8-15(14)20/h1-8,11H,9-10H2,(H,21,23)(H,22,24).